The first-order valence-corrected chi connectivity index (χ1v) is 12.4. The van der Waals surface area contributed by atoms with Gasteiger partial charge in [0.05, 0.1) is 18.5 Å². The van der Waals surface area contributed by atoms with Crippen molar-refractivity contribution in [3.05, 3.63) is 42.1 Å². The highest BCUT2D eigenvalue weighted by atomic mass is 19.1. The first-order chi connectivity index (χ1) is 17.0. The molecule has 35 heavy (non-hydrogen) atoms. The molecule has 2 aliphatic rings. The third-order valence-corrected chi connectivity index (χ3v) is 6.94. The first kappa shape index (κ1) is 25.7. The van der Waals surface area contributed by atoms with Gasteiger partial charge in [-0.25, -0.2) is 18.2 Å². The second-order valence-electron chi connectivity index (χ2n) is 9.50. The highest BCUT2D eigenvalue weighted by molar-refractivity contribution is 5.71. The van der Waals surface area contributed by atoms with Crippen LogP contribution in [-0.4, -0.2) is 62.8 Å². The second-order valence-corrected chi connectivity index (χ2v) is 9.50. The number of aromatic nitrogens is 1. The minimum Gasteiger partial charge on any atom is -0.383 e. The molecule has 192 valence electrons. The van der Waals surface area contributed by atoms with Crippen molar-refractivity contribution in [2.24, 2.45) is 0 Å². The Kier molecular flexibility index (Phi) is 8.86. The number of ether oxygens (including phenoxy) is 2. The molecule has 1 aromatic heterocycles. The molecular formula is C26H35F3N4O2. The number of hydrogen-bond acceptors (Lipinski definition) is 6. The van der Waals surface area contributed by atoms with Gasteiger partial charge in [-0.15, -0.1) is 0 Å². The Hall–Kier alpha value is -2.36. The summed E-state index contributed by atoms with van der Waals surface area (Å²) in [5.41, 5.74) is -0.474. The highest BCUT2D eigenvalue weighted by Gasteiger charge is 2.32. The number of nitrogens with zero attached hydrogens (tertiary/aromatic N) is 1. The van der Waals surface area contributed by atoms with Gasteiger partial charge < -0.3 is 25.4 Å². The van der Waals surface area contributed by atoms with Crippen molar-refractivity contribution in [2.45, 2.75) is 56.3 Å². The van der Waals surface area contributed by atoms with Crippen LogP contribution in [0.1, 0.15) is 38.5 Å². The van der Waals surface area contributed by atoms with Gasteiger partial charge in [0.2, 0.25) is 0 Å². The van der Waals surface area contributed by atoms with Crippen molar-refractivity contribution >= 4 is 11.5 Å². The number of methoxy groups -OCH3 is 1. The molecule has 0 bridgehead atoms. The molecule has 2 heterocycles. The fourth-order valence-corrected chi connectivity index (χ4v) is 4.75. The van der Waals surface area contributed by atoms with Crippen LogP contribution in [0.3, 0.4) is 0 Å². The van der Waals surface area contributed by atoms with E-state index in [4.69, 9.17) is 9.47 Å². The van der Waals surface area contributed by atoms with Gasteiger partial charge in [-0.3, -0.25) is 0 Å². The van der Waals surface area contributed by atoms with Crippen molar-refractivity contribution in [3.8, 4) is 11.1 Å². The number of benzene rings is 1. The Balaban J connectivity index is 1.40. The predicted molar refractivity (Wildman–Crippen MR) is 132 cm³/mol. The van der Waals surface area contributed by atoms with E-state index < -0.39 is 17.3 Å². The summed E-state index contributed by atoms with van der Waals surface area (Å²) in [6, 6.07) is 6.72. The lowest BCUT2D eigenvalue weighted by Gasteiger charge is -2.30. The van der Waals surface area contributed by atoms with Gasteiger partial charge in [-0.2, -0.15) is 0 Å². The quantitative estimate of drug-likeness (QED) is 0.410. The molecule has 2 aromatic rings. The second kappa shape index (κ2) is 12.1. The SMILES string of the molecule is COCCNC1CCC(Nc2cc(-c3ccc(F)c(NCC4(F)CCOCC4)c3)c(F)cn2)CC1. The van der Waals surface area contributed by atoms with E-state index in [0.717, 1.165) is 32.2 Å². The Morgan fingerprint density at radius 2 is 1.80 bits per heavy atom. The van der Waals surface area contributed by atoms with Crippen LogP contribution < -0.4 is 16.0 Å². The topological polar surface area (TPSA) is 67.4 Å². The molecule has 1 aliphatic carbocycles. The van der Waals surface area contributed by atoms with Crippen LogP contribution >= 0.6 is 0 Å². The lowest BCUT2D eigenvalue weighted by Crippen LogP contribution is -2.38. The minimum atomic E-state index is -1.45. The van der Waals surface area contributed by atoms with Gasteiger partial charge in [0.1, 0.15) is 23.1 Å². The van der Waals surface area contributed by atoms with Crippen LogP contribution in [0.15, 0.2) is 30.5 Å². The number of halogens is 3. The van der Waals surface area contributed by atoms with Crippen molar-refractivity contribution in [1.82, 2.24) is 10.3 Å². The molecule has 3 N–H and O–H groups in total. The Morgan fingerprint density at radius 1 is 1.06 bits per heavy atom. The summed E-state index contributed by atoms with van der Waals surface area (Å²) < 4.78 is 54.4. The van der Waals surface area contributed by atoms with Gasteiger partial charge in [0, 0.05) is 63.9 Å². The maximum Gasteiger partial charge on any atom is 0.149 e. The number of rotatable bonds is 10. The van der Waals surface area contributed by atoms with E-state index in [2.05, 4.69) is 20.9 Å². The molecular weight excluding hydrogens is 457 g/mol. The molecule has 1 aromatic carbocycles. The zero-order valence-corrected chi connectivity index (χ0v) is 20.2. The summed E-state index contributed by atoms with van der Waals surface area (Å²) in [5.74, 6) is -0.417. The number of nitrogens with one attached hydrogen (secondary N) is 3. The molecule has 1 saturated carbocycles. The fourth-order valence-electron chi connectivity index (χ4n) is 4.75. The smallest absolute Gasteiger partial charge is 0.149 e. The maximum atomic E-state index is 14.9. The first-order valence-electron chi connectivity index (χ1n) is 12.4. The molecule has 9 heteroatoms. The molecule has 0 radical (unpaired) electrons. The van der Waals surface area contributed by atoms with E-state index >= 15 is 0 Å². The molecule has 0 atom stereocenters. The zero-order valence-electron chi connectivity index (χ0n) is 20.2. The Labute approximate surface area is 205 Å². The van der Waals surface area contributed by atoms with Crippen LogP contribution in [0.5, 0.6) is 0 Å². The lowest BCUT2D eigenvalue weighted by atomic mass is 9.91. The summed E-state index contributed by atoms with van der Waals surface area (Å²) in [5, 5.41) is 9.81. The third-order valence-electron chi connectivity index (χ3n) is 6.94. The average molecular weight is 493 g/mol. The van der Waals surface area contributed by atoms with Crippen LogP contribution in [0.2, 0.25) is 0 Å². The normalized spacial score (nSPS) is 22.1. The van der Waals surface area contributed by atoms with Crippen LogP contribution in [0, 0.1) is 11.6 Å². The van der Waals surface area contributed by atoms with Gasteiger partial charge in [-0.1, -0.05) is 6.07 Å². The molecule has 0 unspecified atom stereocenters. The minimum absolute atomic E-state index is 0.0225. The molecule has 6 nitrogen and oxygen atoms in total. The van der Waals surface area contributed by atoms with E-state index in [-0.39, 0.29) is 31.1 Å². The standard InChI is InChI=1S/C26H35F3N4O2/c1-34-13-10-30-19-3-5-20(6-4-19)33-25-15-21(23(28)16-31-25)18-2-7-22(27)24(14-18)32-17-26(29)8-11-35-12-9-26/h2,7,14-16,19-20,30,32H,3-6,8-13,17H2,1H3,(H,31,33). The summed E-state index contributed by atoms with van der Waals surface area (Å²) in [6.07, 6.45) is 5.78. The molecule has 4 rings (SSSR count). The third kappa shape index (κ3) is 7.08. The largest absolute Gasteiger partial charge is 0.383 e. The van der Waals surface area contributed by atoms with Gasteiger partial charge >= 0.3 is 0 Å². The fraction of sp³-hybridized carbons (Fsp3) is 0.577. The molecule has 1 aliphatic heterocycles. The molecule has 1 saturated heterocycles. The van der Waals surface area contributed by atoms with E-state index in [1.165, 1.54) is 24.4 Å². The average Bonchev–Trinajstić information content (AvgIpc) is 2.86. The van der Waals surface area contributed by atoms with E-state index in [0.29, 0.717) is 42.8 Å². The molecule has 0 spiro atoms. The number of anilines is 2. The number of pyridine rings is 1. The number of hydrogen-bond donors (Lipinski definition) is 3. The van der Waals surface area contributed by atoms with Crippen molar-refractivity contribution in [3.63, 3.8) is 0 Å². The lowest BCUT2D eigenvalue weighted by molar-refractivity contribution is -0.00117. The maximum absolute atomic E-state index is 14.9. The summed E-state index contributed by atoms with van der Waals surface area (Å²) in [4.78, 5) is 4.22. The van der Waals surface area contributed by atoms with Crippen LogP contribution in [-0.2, 0) is 9.47 Å². The van der Waals surface area contributed by atoms with Crippen molar-refractivity contribution < 1.29 is 22.6 Å². The highest BCUT2D eigenvalue weighted by Crippen LogP contribution is 2.31. The van der Waals surface area contributed by atoms with Gasteiger partial charge in [-0.05, 0) is 49.4 Å². The van der Waals surface area contributed by atoms with Crippen molar-refractivity contribution in [1.29, 1.82) is 0 Å². The van der Waals surface area contributed by atoms with Gasteiger partial charge in [0.25, 0.3) is 0 Å². The Morgan fingerprint density at radius 3 is 2.54 bits per heavy atom. The Bertz CT molecular complexity index is 964. The van der Waals surface area contributed by atoms with E-state index in [9.17, 15) is 13.2 Å². The van der Waals surface area contributed by atoms with Crippen molar-refractivity contribution in [2.75, 3.05) is 50.7 Å². The monoisotopic (exact) mass is 492 g/mol. The zero-order chi connectivity index (χ0) is 24.7. The van der Waals surface area contributed by atoms with E-state index in [1.54, 1.807) is 13.2 Å². The van der Waals surface area contributed by atoms with Gasteiger partial charge in [0.15, 0.2) is 0 Å². The summed E-state index contributed by atoms with van der Waals surface area (Å²) >= 11 is 0. The molecule has 0 amide bonds. The van der Waals surface area contributed by atoms with Crippen LogP contribution in [0.4, 0.5) is 24.7 Å². The van der Waals surface area contributed by atoms with E-state index in [1.807, 2.05) is 0 Å². The predicted octanol–water partition coefficient (Wildman–Crippen LogP) is 4.92. The summed E-state index contributed by atoms with van der Waals surface area (Å²) in [6.45, 7) is 2.23. The van der Waals surface area contributed by atoms with Crippen LogP contribution in [0.25, 0.3) is 11.1 Å². The summed E-state index contributed by atoms with van der Waals surface area (Å²) in [7, 11) is 1.70. The molecule has 2 fully saturated rings. The number of alkyl halides is 1.